The van der Waals surface area contributed by atoms with Gasteiger partial charge in [-0.1, -0.05) is 42.5 Å². The molecule has 0 radical (unpaired) electrons. The normalized spacial score (nSPS) is 10.1. The number of carboxylic acids is 1. The molecule has 6 nitrogen and oxygen atoms in total. The molecular weight excluding hydrogens is 324 g/mol. The smallest absolute Gasteiger partial charge is 0.383 e. The van der Waals surface area contributed by atoms with Crippen LogP contribution in [0.15, 0.2) is 54.6 Å². The molecular formula is C19H16O6. The zero-order chi connectivity index (χ0) is 18.2. The monoisotopic (exact) mass is 340 g/mol. The van der Waals surface area contributed by atoms with Crippen molar-refractivity contribution in [3.8, 4) is 0 Å². The minimum atomic E-state index is -1.20. The Balaban J connectivity index is 1.85. The predicted octanol–water partition coefficient (Wildman–Crippen LogP) is 2.20. The SMILES string of the molecule is O=C(CCc1cccc(C(=O)O)c1)C(=O)C(=O)OCc1ccccc1. The second kappa shape index (κ2) is 8.54. The number of hydrogen-bond donors (Lipinski definition) is 1. The fraction of sp³-hybridized carbons (Fsp3) is 0.158. The van der Waals surface area contributed by atoms with E-state index in [9.17, 15) is 19.2 Å². The maximum atomic E-state index is 11.8. The summed E-state index contributed by atoms with van der Waals surface area (Å²) in [6.07, 6.45) is -0.0278. The van der Waals surface area contributed by atoms with Crippen molar-refractivity contribution in [1.82, 2.24) is 0 Å². The van der Waals surface area contributed by atoms with Gasteiger partial charge < -0.3 is 9.84 Å². The lowest BCUT2D eigenvalue weighted by atomic mass is 10.0. The number of hydrogen-bond acceptors (Lipinski definition) is 5. The molecule has 0 amide bonds. The maximum absolute atomic E-state index is 11.8. The van der Waals surface area contributed by atoms with Crippen molar-refractivity contribution in [2.45, 2.75) is 19.4 Å². The first-order valence-corrected chi connectivity index (χ1v) is 7.58. The molecule has 0 spiro atoms. The van der Waals surface area contributed by atoms with E-state index < -0.39 is 23.5 Å². The maximum Gasteiger partial charge on any atom is 0.383 e. The van der Waals surface area contributed by atoms with E-state index in [4.69, 9.17) is 9.84 Å². The summed E-state index contributed by atoms with van der Waals surface area (Å²) in [7, 11) is 0. The average Bonchev–Trinajstić information content (AvgIpc) is 2.64. The summed E-state index contributed by atoms with van der Waals surface area (Å²) in [5, 5.41) is 8.92. The van der Waals surface area contributed by atoms with Crippen LogP contribution in [0.5, 0.6) is 0 Å². The Labute approximate surface area is 144 Å². The molecule has 0 aliphatic heterocycles. The van der Waals surface area contributed by atoms with Crippen LogP contribution in [-0.4, -0.2) is 28.6 Å². The van der Waals surface area contributed by atoms with Gasteiger partial charge in [0.15, 0.2) is 0 Å². The molecule has 0 saturated carbocycles. The highest BCUT2D eigenvalue weighted by atomic mass is 16.5. The number of ketones is 2. The lowest BCUT2D eigenvalue weighted by Crippen LogP contribution is -2.26. The summed E-state index contributed by atoms with van der Waals surface area (Å²) in [5.74, 6) is -4.33. The van der Waals surface area contributed by atoms with Crippen LogP contribution in [0.4, 0.5) is 0 Å². The highest BCUT2D eigenvalue weighted by Crippen LogP contribution is 2.09. The molecule has 128 valence electrons. The van der Waals surface area contributed by atoms with Crippen LogP contribution >= 0.6 is 0 Å². The zero-order valence-corrected chi connectivity index (χ0v) is 13.3. The van der Waals surface area contributed by atoms with Gasteiger partial charge in [-0.25, -0.2) is 9.59 Å². The largest absolute Gasteiger partial charge is 0.478 e. The van der Waals surface area contributed by atoms with Gasteiger partial charge in [0.25, 0.3) is 0 Å². The molecule has 0 heterocycles. The molecule has 0 unspecified atom stereocenters. The Bertz CT molecular complexity index is 795. The molecule has 25 heavy (non-hydrogen) atoms. The molecule has 0 saturated heterocycles. The molecule has 0 aliphatic carbocycles. The molecule has 1 N–H and O–H groups in total. The fourth-order valence-electron chi connectivity index (χ4n) is 2.13. The minimum absolute atomic E-state index is 0.0840. The summed E-state index contributed by atoms with van der Waals surface area (Å²) >= 11 is 0. The van der Waals surface area contributed by atoms with E-state index in [1.165, 1.54) is 12.1 Å². The van der Waals surface area contributed by atoms with Gasteiger partial charge in [0, 0.05) is 6.42 Å². The minimum Gasteiger partial charge on any atom is -0.478 e. The van der Waals surface area contributed by atoms with Crippen molar-refractivity contribution in [3.05, 3.63) is 71.3 Å². The van der Waals surface area contributed by atoms with Crippen molar-refractivity contribution >= 4 is 23.5 Å². The Morgan fingerprint density at radius 2 is 1.56 bits per heavy atom. The number of Topliss-reactive ketones (excluding diaryl/α,β-unsaturated/α-hetero) is 2. The van der Waals surface area contributed by atoms with Crippen molar-refractivity contribution in [1.29, 1.82) is 0 Å². The summed E-state index contributed by atoms with van der Waals surface area (Å²) in [6, 6.07) is 14.9. The van der Waals surface area contributed by atoms with Gasteiger partial charge in [-0.2, -0.15) is 0 Å². The highest BCUT2D eigenvalue weighted by molar-refractivity contribution is 6.62. The first-order valence-electron chi connectivity index (χ1n) is 7.58. The first-order chi connectivity index (χ1) is 12.0. The fourth-order valence-corrected chi connectivity index (χ4v) is 2.13. The molecule has 6 heteroatoms. The van der Waals surface area contributed by atoms with Crippen molar-refractivity contribution in [2.75, 3.05) is 0 Å². The number of aromatic carboxylic acids is 1. The standard InChI is InChI=1S/C19H16O6/c20-16(10-9-13-7-4-8-15(11-13)18(22)23)17(21)19(24)25-12-14-5-2-1-3-6-14/h1-8,11H,9-10,12H2,(H,22,23). The van der Waals surface area contributed by atoms with Crippen molar-refractivity contribution < 1.29 is 29.0 Å². The van der Waals surface area contributed by atoms with E-state index in [1.807, 2.05) is 0 Å². The van der Waals surface area contributed by atoms with E-state index in [2.05, 4.69) is 0 Å². The van der Waals surface area contributed by atoms with E-state index >= 15 is 0 Å². The molecule has 2 aromatic carbocycles. The third-order valence-corrected chi connectivity index (χ3v) is 3.47. The lowest BCUT2D eigenvalue weighted by molar-refractivity contribution is -0.157. The van der Waals surface area contributed by atoms with Crippen LogP contribution in [-0.2, 0) is 32.1 Å². The van der Waals surface area contributed by atoms with E-state index in [0.29, 0.717) is 11.1 Å². The number of carbonyl (C=O) groups excluding carboxylic acids is 3. The van der Waals surface area contributed by atoms with Crippen LogP contribution in [0.25, 0.3) is 0 Å². The Morgan fingerprint density at radius 1 is 0.880 bits per heavy atom. The summed E-state index contributed by atoms with van der Waals surface area (Å²) in [4.78, 5) is 46.1. The van der Waals surface area contributed by atoms with Crippen molar-refractivity contribution in [2.24, 2.45) is 0 Å². The van der Waals surface area contributed by atoms with E-state index in [0.717, 1.165) is 0 Å². The molecule has 2 rings (SSSR count). The van der Waals surface area contributed by atoms with Gasteiger partial charge in [0.2, 0.25) is 5.78 Å². The second-order valence-corrected chi connectivity index (χ2v) is 5.32. The topological polar surface area (TPSA) is 97.7 Å². The first kappa shape index (κ1) is 18.1. The number of aryl methyl sites for hydroxylation is 1. The number of esters is 1. The van der Waals surface area contributed by atoms with Crippen LogP contribution in [0.3, 0.4) is 0 Å². The second-order valence-electron chi connectivity index (χ2n) is 5.32. The van der Waals surface area contributed by atoms with E-state index in [1.54, 1.807) is 42.5 Å². The number of benzene rings is 2. The zero-order valence-electron chi connectivity index (χ0n) is 13.3. The highest BCUT2D eigenvalue weighted by Gasteiger charge is 2.24. The number of rotatable bonds is 8. The molecule has 0 aliphatic rings. The Kier molecular flexibility index (Phi) is 6.17. The van der Waals surface area contributed by atoms with E-state index in [-0.39, 0.29) is 25.0 Å². The average molecular weight is 340 g/mol. The Morgan fingerprint density at radius 3 is 2.24 bits per heavy atom. The van der Waals surface area contributed by atoms with Gasteiger partial charge in [0.05, 0.1) is 5.56 Å². The summed E-state index contributed by atoms with van der Waals surface area (Å²) < 4.78 is 4.83. The van der Waals surface area contributed by atoms with Crippen LogP contribution in [0, 0.1) is 0 Å². The van der Waals surface area contributed by atoms with Crippen LogP contribution in [0.1, 0.15) is 27.9 Å². The Hall–Kier alpha value is -3.28. The number of ether oxygens (including phenoxy) is 1. The predicted molar refractivity (Wildman–Crippen MR) is 88.0 cm³/mol. The number of carbonyl (C=O) groups is 4. The summed E-state index contributed by atoms with van der Waals surface area (Å²) in [5.41, 5.74) is 1.40. The van der Waals surface area contributed by atoms with Gasteiger partial charge >= 0.3 is 17.7 Å². The quantitative estimate of drug-likeness (QED) is 0.449. The molecule has 2 aromatic rings. The van der Waals surface area contributed by atoms with Crippen LogP contribution < -0.4 is 0 Å². The third-order valence-electron chi connectivity index (χ3n) is 3.47. The van der Waals surface area contributed by atoms with Gasteiger partial charge in [-0.05, 0) is 29.7 Å². The van der Waals surface area contributed by atoms with Gasteiger partial charge in [0.1, 0.15) is 6.61 Å². The molecule has 0 bridgehead atoms. The van der Waals surface area contributed by atoms with Gasteiger partial charge in [-0.3, -0.25) is 9.59 Å². The number of carboxylic acid groups (broad SMARTS) is 1. The molecule has 0 aromatic heterocycles. The third kappa shape index (κ3) is 5.39. The van der Waals surface area contributed by atoms with Gasteiger partial charge in [-0.15, -0.1) is 0 Å². The lowest BCUT2D eigenvalue weighted by Gasteiger charge is -2.04. The summed E-state index contributed by atoms with van der Waals surface area (Å²) in [6.45, 7) is -0.0840. The van der Waals surface area contributed by atoms with Crippen LogP contribution in [0.2, 0.25) is 0 Å². The van der Waals surface area contributed by atoms with Crippen molar-refractivity contribution in [3.63, 3.8) is 0 Å². The molecule has 0 atom stereocenters. The molecule has 0 fully saturated rings.